The molecule has 1 amide bonds. The summed E-state index contributed by atoms with van der Waals surface area (Å²) >= 11 is 0. The molecule has 0 spiro atoms. The Hall–Kier alpha value is -2.64. The van der Waals surface area contributed by atoms with Gasteiger partial charge in [-0.2, -0.15) is 13.2 Å². The molecule has 5 nitrogen and oxygen atoms in total. The monoisotopic (exact) mass is 392 g/mol. The van der Waals surface area contributed by atoms with Gasteiger partial charge in [0, 0.05) is 18.8 Å². The molecule has 8 heteroatoms. The van der Waals surface area contributed by atoms with E-state index in [1.54, 1.807) is 6.07 Å². The number of amides is 1. The number of hydrogen-bond donors (Lipinski definition) is 1. The van der Waals surface area contributed by atoms with Crippen molar-refractivity contribution in [2.24, 2.45) is 0 Å². The van der Waals surface area contributed by atoms with E-state index in [1.807, 2.05) is 6.92 Å². The van der Waals surface area contributed by atoms with Gasteiger partial charge in [-0.25, -0.2) is 9.97 Å². The number of rotatable bonds is 5. The van der Waals surface area contributed by atoms with Crippen LogP contribution in [0.4, 0.5) is 19.1 Å². The van der Waals surface area contributed by atoms with Gasteiger partial charge >= 0.3 is 6.18 Å². The van der Waals surface area contributed by atoms with Crippen LogP contribution in [0.25, 0.3) is 0 Å². The van der Waals surface area contributed by atoms with Crippen LogP contribution in [-0.4, -0.2) is 29.0 Å². The molecule has 1 aliphatic rings. The first kappa shape index (κ1) is 20.1. The molecule has 28 heavy (non-hydrogen) atoms. The van der Waals surface area contributed by atoms with Crippen molar-refractivity contribution < 1.29 is 18.0 Å². The van der Waals surface area contributed by atoms with E-state index in [-0.39, 0.29) is 18.9 Å². The molecule has 1 saturated heterocycles. The number of carbonyl (C=O) groups is 1. The lowest BCUT2D eigenvalue weighted by Crippen LogP contribution is -2.32. The number of aryl methyl sites for hydroxylation is 1. The quantitative estimate of drug-likeness (QED) is 0.844. The first-order valence-electron chi connectivity index (χ1n) is 9.33. The number of aromatic nitrogens is 2. The Balaban J connectivity index is 1.61. The first-order valence-corrected chi connectivity index (χ1v) is 9.33. The molecule has 2 aromatic rings. The Morgan fingerprint density at radius 2 is 1.89 bits per heavy atom. The Morgan fingerprint density at radius 1 is 1.14 bits per heavy atom. The van der Waals surface area contributed by atoms with Gasteiger partial charge in [0.2, 0.25) is 11.9 Å². The number of benzene rings is 1. The van der Waals surface area contributed by atoms with Crippen LogP contribution in [-0.2, 0) is 23.9 Å². The summed E-state index contributed by atoms with van der Waals surface area (Å²) in [6, 6.07) is 6.62. The van der Waals surface area contributed by atoms with Crippen LogP contribution in [0.5, 0.6) is 0 Å². The van der Waals surface area contributed by atoms with Gasteiger partial charge in [0.1, 0.15) is 0 Å². The molecule has 0 unspecified atom stereocenters. The molecule has 0 radical (unpaired) electrons. The van der Waals surface area contributed by atoms with Gasteiger partial charge in [-0.15, -0.1) is 0 Å². The zero-order valence-electron chi connectivity index (χ0n) is 15.7. The third-order valence-electron chi connectivity index (χ3n) is 4.62. The average molecular weight is 392 g/mol. The molecule has 0 bridgehead atoms. The van der Waals surface area contributed by atoms with E-state index < -0.39 is 11.7 Å². The number of anilines is 1. The van der Waals surface area contributed by atoms with Crippen LogP contribution in [0.2, 0.25) is 0 Å². The lowest BCUT2D eigenvalue weighted by atomic mass is 10.1. The predicted molar refractivity (Wildman–Crippen MR) is 99.8 cm³/mol. The number of hydrogen-bond acceptors (Lipinski definition) is 4. The van der Waals surface area contributed by atoms with Gasteiger partial charge in [-0.1, -0.05) is 18.2 Å². The fraction of sp³-hybridized carbons (Fsp3) is 0.450. The molecular formula is C20H23F3N4O. The van der Waals surface area contributed by atoms with Crippen molar-refractivity contribution in [1.82, 2.24) is 15.3 Å². The number of nitrogens with zero attached hydrogens (tertiary/aromatic N) is 3. The van der Waals surface area contributed by atoms with Crippen LogP contribution in [0, 0.1) is 6.92 Å². The summed E-state index contributed by atoms with van der Waals surface area (Å²) < 4.78 is 38.4. The minimum atomic E-state index is -4.42. The Labute approximate surface area is 162 Å². The molecule has 150 valence electrons. The van der Waals surface area contributed by atoms with Crippen LogP contribution in [0.1, 0.15) is 41.8 Å². The molecule has 1 aliphatic heterocycles. The van der Waals surface area contributed by atoms with Gasteiger partial charge in [0.15, 0.2) is 0 Å². The van der Waals surface area contributed by atoms with E-state index in [0.717, 1.165) is 43.8 Å². The van der Waals surface area contributed by atoms with Gasteiger partial charge in [-0.3, -0.25) is 4.79 Å². The Bertz CT molecular complexity index is 832. The molecule has 2 heterocycles. The summed E-state index contributed by atoms with van der Waals surface area (Å²) in [5.74, 6) is 0.317. The molecule has 0 atom stereocenters. The minimum Gasteiger partial charge on any atom is -0.350 e. The first-order chi connectivity index (χ1) is 13.3. The summed E-state index contributed by atoms with van der Waals surface area (Å²) in [6.07, 6.45) is -1.11. The van der Waals surface area contributed by atoms with Crippen molar-refractivity contribution in [2.75, 3.05) is 18.0 Å². The lowest BCUT2D eigenvalue weighted by Gasteiger charge is -2.27. The smallest absolute Gasteiger partial charge is 0.350 e. The second-order valence-electron chi connectivity index (χ2n) is 7.00. The van der Waals surface area contributed by atoms with Crippen LogP contribution < -0.4 is 10.2 Å². The van der Waals surface area contributed by atoms with E-state index in [4.69, 9.17) is 0 Å². The highest BCUT2D eigenvalue weighted by atomic mass is 19.4. The fourth-order valence-electron chi connectivity index (χ4n) is 3.24. The average Bonchev–Trinajstić information content (AvgIpc) is 2.66. The third-order valence-corrected chi connectivity index (χ3v) is 4.62. The highest BCUT2D eigenvalue weighted by Crippen LogP contribution is 2.29. The minimum absolute atomic E-state index is 0.118. The lowest BCUT2D eigenvalue weighted by molar-refractivity contribution is -0.137. The number of halogens is 3. The van der Waals surface area contributed by atoms with E-state index in [1.165, 1.54) is 18.6 Å². The highest BCUT2D eigenvalue weighted by molar-refractivity contribution is 5.78. The maximum atomic E-state index is 12.8. The summed E-state index contributed by atoms with van der Waals surface area (Å²) in [4.78, 5) is 23.3. The van der Waals surface area contributed by atoms with Crippen molar-refractivity contribution in [3.8, 4) is 0 Å². The van der Waals surface area contributed by atoms with Gasteiger partial charge in [0.05, 0.1) is 24.2 Å². The zero-order valence-corrected chi connectivity index (χ0v) is 15.7. The summed E-state index contributed by atoms with van der Waals surface area (Å²) in [5.41, 5.74) is 1.07. The molecule has 0 saturated carbocycles. The molecule has 1 fully saturated rings. The normalized spacial score (nSPS) is 14.8. The Morgan fingerprint density at radius 3 is 2.61 bits per heavy atom. The molecule has 0 aliphatic carbocycles. The predicted octanol–water partition coefficient (Wildman–Crippen LogP) is 3.65. The molecule has 1 aromatic heterocycles. The van der Waals surface area contributed by atoms with Crippen molar-refractivity contribution in [2.45, 2.75) is 45.3 Å². The maximum Gasteiger partial charge on any atom is 0.416 e. The number of alkyl halides is 3. The van der Waals surface area contributed by atoms with Gasteiger partial charge in [-0.05, 0) is 43.9 Å². The van der Waals surface area contributed by atoms with Gasteiger partial charge < -0.3 is 10.2 Å². The van der Waals surface area contributed by atoms with E-state index >= 15 is 0 Å². The second-order valence-corrected chi connectivity index (χ2v) is 7.00. The number of piperidine rings is 1. The summed E-state index contributed by atoms with van der Waals surface area (Å²) in [7, 11) is 0. The number of carbonyl (C=O) groups excluding carboxylic acids is 1. The SMILES string of the molecule is Cc1cc(CNC(=O)Cc2cccc(C(F)(F)F)c2)nc(N2CCCCC2)n1. The maximum absolute atomic E-state index is 12.8. The van der Waals surface area contributed by atoms with E-state index in [0.29, 0.717) is 17.2 Å². The van der Waals surface area contributed by atoms with Crippen LogP contribution in [0.3, 0.4) is 0 Å². The summed E-state index contributed by atoms with van der Waals surface area (Å²) in [6.45, 7) is 3.93. The number of nitrogens with one attached hydrogen (secondary N) is 1. The largest absolute Gasteiger partial charge is 0.416 e. The molecule has 1 aromatic carbocycles. The molecule has 1 N–H and O–H groups in total. The zero-order chi connectivity index (χ0) is 20.1. The Kier molecular flexibility index (Phi) is 6.16. The van der Waals surface area contributed by atoms with E-state index in [9.17, 15) is 18.0 Å². The highest BCUT2D eigenvalue weighted by Gasteiger charge is 2.30. The second kappa shape index (κ2) is 8.58. The van der Waals surface area contributed by atoms with Crippen LogP contribution >= 0.6 is 0 Å². The van der Waals surface area contributed by atoms with Crippen molar-refractivity contribution in [3.05, 3.63) is 52.8 Å². The van der Waals surface area contributed by atoms with Crippen molar-refractivity contribution in [1.29, 1.82) is 0 Å². The van der Waals surface area contributed by atoms with E-state index in [2.05, 4.69) is 20.2 Å². The van der Waals surface area contributed by atoms with Crippen molar-refractivity contribution >= 4 is 11.9 Å². The third kappa shape index (κ3) is 5.43. The molecular weight excluding hydrogens is 369 g/mol. The van der Waals surface area contributed by atoms with Crippen molar-refractivity contribution in [3.63, 3.8) is 0 Å². The topological polar surface area (TPSA) is 58.1 Å². The molecule has 3 rings (SSSR count). The standard InChI is InChI=1S/C20H23F3N4O/c1-14-10-17(26-19(25-14)27-8-3-2-4-9-27)13-24-18(28)12-15-6-5-7-16(11-15)20(21,22)23/h5-7,10-11H,2-4,8-9,12-13H2,1H3,(H,24,28). The fourth-order valence-corrected chi connectivity index (χ4v) is 3.24. The summed E-state index contributed by atoms with van der Waals surface area (Å²) in [5, 5.41) is 2.73. The van der Waals surface area contributed by atoms with Crippen LogP contribution in [0.15, 0.2) is 30.3 Å². The van der Waals surface area contributed by atoms with Gasteiger partial charge in [0.25, 0.3) is 0 Å².